The minimum Gasteiger partial charge on any atom is -0.355 e. The van der Waals surface area contributed by atoms with Crippen LogP contribution in [0.15, 0.2) is 48.9 Å². The van der Waals surface area contributed by atoms with Crippen LogP contribution in [0, 0.1) is 0 Å². The predicted octanol–water partition coefficient (Wildman–Crippen LogP) is 2.30. The smallest absolute Gasteiger partial charge is 0.220 e. The van der Waals surface area contributed by atoms with Crippen LogP contribution in [-0.2, 0) is 4.79 Å². The third-order valence-corrected chi connectivity index (χ3v) is 4.02. The molecule has 108 valence electrons. The van der Waals surface area contributed by atoms with Gasteiger partial charge >= 0.3 is 0 Å². The molecule has 3 heterocycles. The van der Waals surface area contributed by atoms with Crippen molar-refractivity contribution in [1.82, 2.24) is 20.3 Å². The van der Waals surface area contributed by atoms with Crippen molar-refractivity contribution in [2.75, 3.05) is 6.54 Å². The van der Waals surface area contributed by atoms with Crippen molar-refractivity contribution < 1.29 is 4.79 Å². The van der Waals surface area contributed by atoms with E-state index in [-0.39, 0.29) is 11.8 Å². The fraction of sp³-hybridized carbons (Fsp3) is 0.176. The SMILES string of the molecule is O=C1CC(c2ccc(-c3cnc4nccnc4c3)cc2)CN1. The van der Waals surface area contributed by atoms with Crippen LogP contribution in [0.1, 0.15) is 17.9 Å². The number of benzene rings is 1. The average molecular weight is 290 g/mol. The largest absolute Gasteiger partial charge is 0.355 e. The van der Waals surface area contributed by atoms with Crippen molar-refractivity contribution >= 4 is 17.1 Å². The number of rotatable bonds is 2. The summed E-state index contributed by atoms with van der Waals surface area (Å²) in [5, 5.41) is 2.87. The van der Waals surface area contributed by atoms with Gasteiger partial charge in [-0.25, -0.2) is 9.97 Å². The van der Waals surface area contributed by atoms with Gasteiger partial charge in [-0.2, -0.15) is 0 Å². The first kappa shape index (κ1) is 12.9. The van der Waals surface area contributed by atoms with Gasteiger partial charge in [0.15, 0.2) is 5.65 Å². The third-order valence-electron chi connectivity index (χ3n) is 4.02. The van der Waals surface area contributed by atoms with Crippen molar-refractivity contribution in [3.05, 3.63) is 54.5 Å². The van der Waals surface area contributed by atoms with Gasteiger partial charge in [0.1, 0.15) is 5.52 Å². The number of nitrogens with one attached hydrogen (secondary N) is 1. The first-order valence-electron chi connectivity index (χ1n) is 7.23. The Kier molecular flexibility index (Phi) is 3.04. The van der Waals surface area contributed by atoms with Crippen LogP contribution >= 0.6 is 0 Å². The highest BCUT2D eigenvalue weighted by atomic mass is 16.1. The Bertz CT molecular complexity index is 845. The van der Waals surface area contributed by atoms with Crippen molar-refractivity contribution in [2.24, 2.45) is 0 Å². The second-order valence-corrected chi connectivity index (χ2v) is 5.45. The summed E-state index contributed by atoms with van der Waals surface area (Å²) in [6.07, 6.45) is 5.70. The summed E-state index contributed by atoms with van der Waals surface area (Å²) in [6.45, 7) is 0.727. The van der Waals surface area contributed by atoms with E-state index in [0.29, 0.717) is 12.1 Å². The van der Waals surface area contributed by atoms with Gasteiger partial charge in [0, 0.05) is 43.0 Å². The molecule has 4 rings (SSSR count). The molecule has 1 atom stereocenters. The maximum absolute atomic E-state index is 11.3. The fourth-order valence-electron chi connectivity index (χ4n) is 2.80. The first-order valence-corrected chi connectivity index (χ1v) is 7.23. The Labute approximate surface area is 127 Å². The number of pyridine rings is 1. The van der Waals surface area contributed by atoms with Crippen LogP contribution in [0.4, 0.5) is 0 Å². The zero-order chi connectivity index (χ0) is 14.9. The number of carbonyl (C=O) groups excluding carboxylic acids is 1. The van der Waals surface area contributed by atoms with Gasteiger partial charge in [-0.3, -0.25) is 9.78 Å². The standard InChI is InChI=1S/C17H14N4O/c22-16-8-14(9-20-16)12-3-1-11(2-4-12)13-7-15-17(21-10-13)19-6-5-18-15/h1-7,10,14H,8-9H2,(H,20,22). The van der Waals surface area contributed by atoms with Crippen LogP contribution in [-0.4, -0.2) is 27.4 Å². The summed E-state index contributed by atoms with van der Waals surface area (Å²) >= 11 is 0. The molecule has 0 saturated carbocycles. The van der Waals surface area contributed by atoms with E-state index in [1.54, 1.807) is 12.4 Å². The van der Waals surface area contributed by atoms with E-state index in [9.17, 15) is 4.79 Å². The van der Waals surface area contributed by atoms with Gasteiger partial charge in [-0.1, -0.05) is 24.3 Å². The number of hydrogen-bond acceptors (Lipinski definition) is 4. The van der Waals surface area contributed by atoms with Gasteiger partial charge in [0.2, 0.25) is 5.91 Å². The fourth-order valence-corrected chi connectivity index (χ4v) is 2.80. The Morgan fingerprint density at radius 2 is 1.82 bits per heavy atom. The second kappa shape index (κ2) is 5.18. The van der Waals surface area contributed by atoms with E-state index in [1.807, 2.05) is 12.3 Å². The van der Waals surface area contributed by atoms with Gasteiger partial charge in [0.25, 0.3) is 0 Å². The predicted molar refractivity (Wildman–Crippen MR) is 83.1 cm³/mol. The maximum atomic E-state index is 11.3. The molecule has 1 unspecified atom stereocenters. The Morgan fingerprint density at radius 3 is 2.59 bits per heavy atom. The van der Waals surface area contributed by atoms with E-state index in [0.717, 1.165) is 23.2 Å². The highest BCUT2D eigenvalue weighted by molar-refractivity contribution is 5.80. The zero-order valence-electron chi connectivity index (χ0n) is 11.9. The van der Waals surface area contributed by atoms with E-state index < -0.39 is 0 Å². The number of amides is 1. The molecule has 5 heteroatoms. The summed E-state index contributed by atoms with van der Waals surface area (Å²) in [7, 11) is 0. The molecule has 0 bridgehead atoms. The molecule has 1 aliphatic heterocycles. The van der Waals surface area contributed by atoms with Crippen LogP contribution < -0.4 is 5.32 Å². The highest BCUT2D eigenvalue weighted by Crippen LogP contribution is 2.26. The zero-order valence-corrected chi connectivity index (χ0v) is 11.9. The van der Waals surface area contributed by atoms with Crippen molar-refractivity contribution in [2.45, 2.75) is 12.3 Å². The molecule has 1 aromatic carbocycles. The van der Waals surface area contributed by atoms with Crippen LogP contribution in [0.2, 0.25) is 0 Å². The third kappa shape index (κ3) is 2.30. The normalized spacial score (nSPS) is 17.6. The topological polar surface area (TPSA) is 67.8 Å². The Balaban J connectivity index is 1.65. The van der Waals surface area contributed by atoms with Crippen LogP contribution in [0.5, 0.6) is 0 Å². The maximum Gasteiger partial charge on any atom is 0.220 e. The highest BCUT2D eigenvalue weighted by Gasteiger charge is 2.22. The number of fused-ring (bicyclic) bond motifs is 1. The van der Waals surface area contributed by atoms with E-state index in [2.05, 4.69) is 44.5 Å². The average Bonchev–Trinajstić information content (AvgIpc) is 3.01. The Hall–Kier alpha value is -2.82. The van der Waals surface area contributed by atoms with Crippen molar-refractivity contribution in [3.63, 3.8) is 0 Å². The van der Waals surface area contributed by atoms with Crippen molar-refractivity contribution in [1.29, 1.82) is 0 Å². The summed E-state index contributed by atoms with van der Waals surface area (Å²) in [5.74, 6) is 0.411. The molecule has 1 amide bonds. The number of carbonyl (C=O) groups is 1. The molecular formula is C17H14N4O. The molecule has 1 N–H and O–H groups in total. The molecule has 1 fully saturated rings. The van der Waals surface area contributed by atoms with Gasteiger partial charge in [-0.05, 0) is 17.2 Å². The monoisotopic (exact) mass is 290 g/mol. The molecule has 0 spiro atoms. The molecule has 22 heavy (non-hydrogen) atoms. The lowest BCUT2D eigenvalue weighted by Crippen LogP contribution is -2.13. The molecule has 5 nitrogen and oxygen atoms in total. The number of hydrogen-bond donors (Lipinski definition) is 1. The molecule has 2 aromatic heterocycles. The number of aromatic nitrogens is 3. The molecule has 3 aromatic rings. The van der Waals surface area contributed by atoms with Gasteiger partial charge in [0.05, 0.1) is 0 Å². The van der Waals surface area contributed by atoms with E-state index in [4.69, 9.17) is 0 Å². The first-order chi connectivity index (χ1) is 10.8. The quantitative estimate of drug-likeness (QED) is 0.786. The van der Waals surface area contributed by atoms with E-state index >= 15 is 0 Å². The summed E-state index contributed by atoms with van der Waals surface area (Å²) in [6, 6.07) is 10.3. The summed E-state index contributed by atoms with van der Waals surface area (Å²) in [5.41, 5.74) is 4.73. The molecule has 1 saturated heterocycles. The lowest BCUT2D eigenvalue weighted by molar-refractivity contribution is -0.119. The molecular weight excluding hydrogens is 276 g/mol. The molecule has 1 aliphatic rings. The Morgan fingerprint density at radius 1 is 1.00 bits per heavy atom. The van der Waals surface area contributed by atoms with Crippen LogP contribution in [0.25, 0.3) is 22.3 Å². The summed E-state index contributed by atoms with van der Waals surface area (Å²) < 4.78 is 0. The summed E-state index contributed by atoms with van der Waals surface area (Å²) in [4.78, 5) is 24.1. The van der Waals surface area contributed by atoms with Crippen molar-refractivity contribution in [3.8, 4) is 11.1 Å². The molecule has 0 aliphatic carbocycles. The van der Waals surface area contributed by atoms with E-state index in [1.165, 1.54) is 5.56 Å². The lowest BCUT2D eigenvalue weighted by atomic mass is 9.96. The molecule has 0 radical (unpaired) electrons. The number of nitrogens with zero attached hydrogens (tertiary/aromatic N) is 3. The minimum absolute atomic E-state index is 0.131. The van der Waals surface area contributed by atoms with Gasteiger partial charge < -0.3 is 5.32 Å². The second-order valence-electron chi connectivity index (χ2n) is 5.45. The van der Waals surface area contributed by atoms with Gasteiger partial charge in [-0.15, -0.1) is 0 Å². The lowest BCUT2D eigenvalue weighted by Gasteiger charge is -2.09. The van der Waals surface area contributed by atoms with Crippen LogP contribution in [0.3, 0.4) is 0 Å². The minimum atomic E-state index is 0.131.